The first-order valence-electron chi connectivity index (χ1n) is 9.44. The van der Waals surface area contributed by atoms with Crippen molar-refractivity contribution in [1.29, 1.82) is 0 Å². The maximum atomic E-state index is 13.0. The monoisotopic (exact) mass is 378 g/mol. The second kappa shape index (κ2) is 8.30. The Morgan fingerprint density at radius 2 is 1.93 bits per heavy atom. The number of amides is 1. The van der Waals surface area contributed by atoms with Crippen LogP contribution >= 0.6 is 0 Å². The quantitative estimate of drug-likeness (QED) is 0.690. The highest BCUT2D eigenvalue weighted by atomic mass is 16.5. The number of benzene rings is 2. The zero-order valence-corrected chi connectivity index (χ0v) is 16.8. The molecule has 5 heteroatoms. The molecule has 1 heterocycles. The fourth-order valence-corrected chi connectivity index (χ4v) is 3.21. The SMILES string of the molecule is COc1cccc(N(Cc2cc3ccc(C)cc3[nH]c2=O)C(=O)CC(C)C)c1. The Labute approximate surface area is 165 Å². The highest BCUT2D eigenvalue weighted by molar-refractivity contribution is 5.93. The van der Waals surface area contributed by atoms with Gasteiger partial charge in [0.1, 0.15) is 5.75 Å². The smallest absolute Gasteiger partial charge is 0.253 e. The van der Waals surface area contributed by atoms with E-state index in [0.717, 1.165) is 16.5 Å². The molecule has 0 aliphatic rings. The molecule has 2 aromatic carbocycles. The summed E-state index contributed by atoms with van der Waals surface area (Å²) in [5.74, 6) is 0.868. The van der Waals surface area contributed by atoms with Crippen LogP contribution in [0.25, 0.3) is 10.9 Å². The average molecular weight is 378 g/mol. The minimum atomic E-state index is -0.177. The summed E-state index contributed by atoms with van der Waals surface area (Å²) in [7, 11) is 1.59. The molecule has 0 saturated carbocycles. The van der Waals surface area contributed by atoms with Crippen molar-refractivity contribution in [3.63, 3.8) is 0 Å². The minimum Gasteiger partial charge on any atom is -0.497 e. The lowest BCUT2D eigenvalue weighted by Gasteiger charge is -2.24. The van der Waals surface area contributed by atoms with E-state index < -0.39 is 0 Å². The van der Waals surface area contributed by atoms with Gasteiger partial charge in [-0.3, -0.25) is 9.59 Å². The molecule has 146 valence electrons. The highest BCUT2D eigenvalue weighted by Crippen LogP contribution is 2.24. The molecule has 0 unspecified atom stereocenters. The van der Waals surface area contributed by atoms with Crippen molar-refractivity contribution >= 4 is 22.5 Å². The highest BCUT2D eigenvalue weighted by Gasteiger charge is 2.19. The summed E-state index contributed by atoms with van der Waals surface area (Å²) in [5.41, 5.74) is 2.98. The van der Waals surface area contributed by atoms with Gasteiger partial charge in [0, 0.05) is 29.3 Å². The van der Waals surface area contributed by atoms with Crippen molar-refractivity contribution in [1.82, 2.24) is 4.98 Å². The Kier molecular flexibility index (Phi) is 5.83. The molecular formula is C23H26N2O3. The number of H-pyrrole nitrogens is 1. The number of hydrogen-bond donors (Lipinski definition) is 1. The molecule has 0 aliphatic heterocycles. The molecular weight excluding hydrogens is 352 g/mol. The Balaban J connectivity index is 2.02. The summed E-state index contributed by atoms with van der Waals surface area (Å²) in [6, 6.07) is 15.2. The third-order valence-electron chi connectivity index (χ3n) is 4.66. The predicted octanol–water partition coefficient (Wildman–Crippen LogP) is 4.42. The van der Waals surface area contributed by atoms with Crippen LogP contribution in [0.5, 0.6) is 5.75 Å². The van der Waals surface area contributed by atoms with Gasteiger partial charge in [-0.25, -0.2) is 0 Å². The van der Waals surface area contributed by atoms with E-state index in [1.807, 2.05) is 69.3 Å². The Morgan fingerprint density at radius 3 is 2.64 bits per heavy atom. The molecule has 5 nitrogen and oxygen atoms in total. The van der Waals surface area contributed by atoms with E-state index in [2.05, 4.69) is 4.98 Å². The first kappa shape index (κ1) is 19.7. The van der Waals surface area contributed by atoms with Crippen molar-refractivity contribution < 1.29 is 9.53 Å². The average Bonchev–Trinajstić information content (AvgIpc) is 2.65. The van der Waals surface area contributed by atoms with Gasteiger partial charge in [-0.2, -0.15) is 0 Å². The van der Waals surface area contributed by atoms with E-state index >= 15 is 0 Å². The number of carbonyl (C=O) groups excluding carboxylic acids is 1. The van der Waals surface area contributed by atoms with Gasteiger partial charge in [-0.05, 0) is 48.1 Å². The molecule has 1 aromatic heterocycles. The van der Waals surface area contributed by atoms with Gasteiger partial charge < -0.3 is 14.6 Å². The molecule has 1 amide bonds. The van der Waals surface area contributed by atoms with Gasteiger partial charge in [-0.15, -0.1) is 0 Å². The second-order valence-electron chi connectivity index (χ2n) is 7.49. The van der Waals surface area contributed by atoms with E-state index in [0.29, 0.717) is 23.4 Å². The Bertz CT molecular complexity index is 1050. The van der Waals surface area contributed by atoms with Crippen molar-refractivity contribution in [2.24, 2.45) is 5.92 Å². The first-order valence-corrected chi connectivity index (χ1v) is 9.44. The number of hydrogen-bond acceptors (Lipinski definition) is 3. The van der Waals surface area contributed by atoms with E-state index in [4.69, 9.17) is 4.74 Å². The third kappa shape index (κ3) is 4.42. The number of rotatable bonds is 6. The number of nitrogens with one attached hydrogen (secondary N) is 1. The van der Waals surface area contributed by atoms with Crippen LogP contribution in [0.2, 0.25) is 0 Å². The van der Waals surface area contributed by atoms with Crippen LogP contribution in [-0.2, 0) is 11.3 Å². The zero-order chi connectivity index (χ0) is 20.3. The lowest BCUT2D eigenvalue weighted by molar-refractivity contribution is -0.119. The fourth-order valence-electron chi connectivity index (χ4n) is 3.21. The molecule has 0 atom stereocenters. The number of methoxy groups -OCH3 is 1. The van der Waals surface area contributed by atoms with E-state index in [-0.39, 0.29) is 23.9 Å². The molecule has 28 heavy (non-hydrogen) atoms. The Morgan fingerprint density at radius 1 is 1.14 bits per heavy atom. The summed E-state index contributed by atoms with van der Waals surface area (Å²) in [6.07, 6.45) is 0.405. The lowest BCUT2D eigenvalue weighted by atomic mass is 10.1. The fraction of sp³-hybridized carbons (Fsp3) is 0.304. The summed E-state index contributed by atoms with van der Waals surface area (Å²) in [5, 5.41) is 0.946. The van der Waals surface area contributed by atoms with Crippen molar-refractivity contribution in [2.75, 3.05) is 12.0 Å². The number of ether oxygens (including phenoxy) is 1. The van der Waals surface area contributed by atoms with Gasteiger partial charge in [-0.1, -0.05) is 32.0 Å². The molecule has 3 rings (SSSR count). The summed E-state index contributed by atoms with van der Waals surface area (Å²) >= 11 is 0. The lowest BCUT2D eigenvalue weighted by Crippen LogP contribution is -2.33. The van der Waals surface area contributed by atoms with Gasteiger partial charge in [0.2, 0.25) is 5.91 Å². The maximum absolute atomic E-state index is 13.0. The topological polar surface area (TPSA) is 62.4 Å². The van der Waals surface area contributed by atoms with Crippen LogP contribution in [-0.4, -0.2) is 18.0 Å². The van der Waals surface area contributed by atoms with E-state index in [1.165, 1.54) is 0 Å². The molecule has 1 N–H and O–H groups in total. The molecule has 3 aromatic rings. The number of aromatic amines is 1. The Hall–Kier alpha value is -3.08. The molecule has 0 fully saturated rings. The third-order valence-corrected chi connectivity index (χ3v) is 4.66. The largest absolute Gasteiger partial charge is 0.497 e. The van der Waals surface area contributed by atoms with Crippen LogP contribution in [0.3, 0.4) is 0 Å². The van der Waals surface area contributed by atoms with E-state index in [9.17, 15) is 9.59 Å². The number of pyridine rings is 1. The van der Waals surface area contributed by atoms with Crippen molar-refractivity contribution in [3.05, 3.63) is 70.0 Å². The van der Waals surface area contributed by atoms with Crippen molar-refractivity contribution in [2.45, 2.75) is 33.7 Å². The number of nitrogens with zero attached hydrogens (tertiary/aromatic N) is 1. The molecule has 0 spiro atoms. The number of anilines is 1. The van der Waals surface area contributed by atoms with Gasteiger partial charge in [0.25, 0.3) is 5.56 Å². The standard InChI is InChI=1S/C23H26N2O3/c1-15(2)10-22(26)25(19-6-5-7-20(13-19)28-4)14-18-12-17-9-8-16(3)11-21(17)24-23(18)27/h5-9,11-13,15H,10,14H2,1-4H3,(H,24,27). The van der Waals surface area contributed by atoms with Crippen LogP contribution in [0.4, 0.5) is 5.69 Å². The maximum Gasteiger partial charge on any atom is 0.253 e. The van der Waals surface area contributed by atoms with Crippen LogP contribution in [0.15, 0.2) is 53.3 Å². The van der Waals surface area contributed by atoms with Gasteiger partial charge in [0.15, 0.2) is 0 Å². The van der Waals surface area contributed by atoms with Crippen LogP contribution in [0, 0.1) is 12.8 Å². The number of aromatic nitrogens is 1. The molecule has 0 bridgehead atoms. The summed E-state index contributed by atoms with van der Waals surface area (Å²) in [6.45, 7) is 6.21. The van der Waals surface area contributed by atoms with Gasteiger partial charge >= 0.3 is 0 Å². The van der Waals surface area contributed by atoms with Crippen molar-refractivity contribution in [3.8, 4) is 5.75 Å². The van der Waals surface area contributed by atoms with Crippen LogP contribution < -0.4 is 15.2 Å². The molecule has 0 saturated heterocycles. The number of carbonyl (C=O) groups is 1. The summed E-state index contributed by atoms with van der Waals surface area (Å²) < 4.78 is 5.30. The van der Waals surface area contributed by atoms with Crippen LogP contribution in [0.1, 0.15) is 31.4 Å². The zero-order valence-electron chi connectivity index (χ0n) is 16.8. The minimum absolute atomic E-state index is 0.0216. The first-order chi connectivity index (χ1) is 13.4. The van der Waals surface area contributed by atoms with E-state index in [1.54, 1.807) is 12.0 Å². The molecule has 0 aliphatic carbocycles. The normalized spacial score (nSPS) is 11.0. The number of fused-ring (bicyclic) bond motifs is 1. The predicted molar refractivity (Wildman–Crippen MR) is 113 cm³/mol. The van der Waals surface area contributed by atoms with Gasteiger partial charge in [0.05, 0.1) is 13.7 Å². The second-order valence-corrected chi connectivity index (χ2v) is 7.49. The molecule has 0 radical (unpaired) electrons. The summed E-state index contributed by atoms with van der Waals surface area (Å²) in [4.78, 5) is 30.2. The number of aryl methyl sites for hydroxylation is 1.